The molecule has 25 heavy (non-hydrogen) atoms. The molecule has 0 aliphatic heterocycles. The molecule has 0 unspecified atom stereocenters. The Kier molecular flexibility index (Phi) is 5.09. The van der Waals surface area contributed by atoms with Gasteiger partial charge in [-0.1, -0.05) is 12.1 Å². The zero-order valence-electron chi connectivity index (χ0n) is 14.6. The zero-order valence-corrected chi connectivity index (χ0v) is 14.6. The molecule has 0 spiro atoms. The second-order valence-corrected chi connectivity index (χ2v) is 5.77. The monoisotopic (exact) mass is 342 g/mol. The first-order valence-electron chi connectivity index (χ1n) is 8.06. The number of aliphatic hydroxyl groups excluding tert-OH is 1. The molecular weight excluding hydrogens is 320 g/mol. The average molecular weight is 342 g/mol. The van der Waals surface area contributed by atoms with Crippen molar-refractivity contribution in [3.63, 3.8) is 0 Å². The molecule has 0 fully saturated rings. The number of nitrogens with zero attached hydrogens (tertiary/aromatic N) is 2. The molecule has 1 N–H and O–H groups in total. The van der Waals surface area contributed by atoms with E-state index in [1.165, 1.54) is 0 Å². The lowest BCUT2D eigenvalue weighted by Gasteiger charge is -2.15. The summed E-state index contributed by atoms with van der Waals surface area (Å²) in [5.41, 5.74) is 1.92. The Labute approximate surface area is 146 Å². The summed E-state index contributed by atoms with van der Waals surface area (Å²) >= 11 is 0. The highest BCUT2D eigenvalue weighted by atomic mass is 16.5. The Hall–Kier alpha value is -2.73. The Balaban J connectivity index is 1.68. The van der Waals surface area contributed by atoms with Crippen LogP contribution in [0.5, 0.6) is 17.2 Å². The number of aryl methyl sites for hydroxylation is 1. The van der Waals surface area contributed by atoms with Crippen LogP contribution in [0.15, 0.2) is 42.5 Å². The predicted molar refractivity (Wildman–Crippen MR) is 95.5 cm³/mol. The van der Waals surface area contributed by atoms with E-state index in [-0.39, 0.29) is 6.61 Å². The number of imidazole rings is 1. The van der Waals surface area contributed by atoms with Gasteiger partial charge in [0.15, 0.2) is 0 Å². The molecule has 0 bridgehead atoms. The summed E-state index contributed by atoms with van der Waals surface area (Å²) in [6.07, 6.45) is -0.673. The van der Waals surface area contributed by atoms with Crippen LogP contribution in [0.1, 0.15) is 5.82 Å². The molecule has 0 radical (unpaired) electrons. The number of hydrogen-bond acceptors (Lipinski definition) is 5. The fraction of sp³-hybridized carbons (Fsp3) is 0.316. The van der Waals surface area contributed by atoms with Gasteiger partial charge in [-0.2, -0.15) is 0 Å². The van der Waals surface area contributed by atoms with Crippen LogP contribution in [0.4, 0.5) is 0 Å². The van der Waals surface area contributed by atoms with Gasteiger partial charge >= 0.3 is 0 Å². The molecule has 0 aliphatic carbocycles. The number of methoxy groups -OCH3 is 2. The molecule has 1 atom stereocenters. The minimum absolute atomic E-state index is 0.155. The van der Waals surface area contributed by atoms with Gasteiger partial charge in [-0.3, -0.25) is 0 Å². The van der Waals surface area contributed by atoms with Gasteiger partial charge in [0.05, 0.1) is 31.8 Å². The lowest BCUT2D eigenvalue weighted by Crippen LogP contribution is -2.24. The number of hydrogen-bond donors (Lipinski definition) is 1. The van der Waals surface area contributed by atoms with Crippen LogP contribution in [0.3, 0.4) is 0 Å². The molecule has 0 saturated carbocycles. The third-order valence-electron chi connectivity index (χ3n) is 4.01. The predicted octanol–water partition coefficient (Wildman–Crippen LogP) is 2.80. The molecule has 1 aromatic heterocycles. The van der Waals surface area contributed by atoms with Crippen LogP contribution in [0.2, 0.25) is 0 Å². The van der Waals surface area contributed by atoms with Crippen molar-refractivity contribution in [1.29, 1.82) is 0 Å². The lowest BCUT2D eigenvalue weighted by molar-refractivity contribution is 0.0926. The fourth-order valence-corrected chi connectivity index (χ4v) is 2.75. The van der Waals surface area contributed by atoms with Crippen LogP contribution >= 0.6 is 0 Å². The number of fused-ring (bicyclic) bond motifs is 1. The van der Waals surface area contributed by atoms with Gasteiger partial charge in [-0.15, -0.1) is 0 Å². The minimum atomic E-state index is -0.673. The van der Waals surface area contributed by atoms with Gasteiger partial charge in [-0.25, -0.2) is 4.98 Å². The summed E-state index contributed by atoms with van der Waals surface area (Å²) in [5, 5.41) is 10.4. The maximum absolute atomic E-state index is 10.4. The quantitative estimate of drug-likeness (QED) is 0.715. The highest BCUT2D eigenvalue weighted by Crippen LogP contribution is 2.27. The van der Waals surface area contributed by atoms with Gasteiger partial charge in [-0.05, 0) is 19.1 Å². The average Bonchev–Trinajstić information content (AvgIpc) is 2.95. The van der Waals surface area contributed by atoms with Crippen molar-refractivity contribution in [3.05, 3.63) is 48.3 Å². The second-order valence-electron chi connectivity index (χ2n) is 5.77. The van der Waals surface area contributed by atoms with Crippen molar-refractivity contribution >= 4 is 11.0 Å². The van der Waals surface area contributed by atoms with Crippen LogP contribution in [-0.4, -0.2) is 41.6 Å². The summed E-state index contributed by atoms with van der Waals surface area (Å²) in [7, 11) is 3.17. The van der Waals surface area contributed by atoms with E-state index < -0.39 is 6.10 Å². The van der Waals surface area contributed by atoms with Gasteiger partial charge in [0.1, 0.15) is 35.8 Å². The van der Waals surface area contributed by atoms with Gasteiger partial charge in [0, 0.05) is 18.2 Å². The van der Waals surface area contributed by atoms with Crippen molar-refractivity contribution < 1.29 is 19.3 Å². The number of aliphatic hydroxyl groups is 1. The fourth-order valence-electron chi connectivity index (χ4n) is 2.75. The van der Waals surface area contributed by atoms with Crippen LogP contribution in [0.25, 0.3) is 11.0 Å². The topological polar surface area (TPSA) is 65.7 Å². The van der Waals surface area contributed by atoms with Gasteiger partial charge < -0.3 is 23.9 Å². The van der Waals surface area contributed by atoms with Crippen molar-refractivity contribution in [2.45, 2.75) is 19.6 Å². The third-order valence-corrected chi connectivity index (χ3v) is 4.01. The molecule has 3 aromatic rings. The molecule has 0 amide bonds. The van der Waals surface area contributed by atoms with Crippen molar-refractivity contribution in [3.8, 4) is 17.2 Å². The van der Waals surface area contributed by atoms with E-state index in [9.17, 15) is 5.11 Å². The van der Waals surface area contributed by atoms with E-state index >= 15 is 0 Å². The van der Waals surface area contributed by atoms with Crippen LogP contribution in [0, 0.1) is 6.92 Å². The molecule has 6 heteroatoms. The largest absolute Gasteiger partial charge is 0.496 e. The van der Waals surface area contributed by atoms with E-state index in [0.717, 1.165) is 16.9 Å². The summed E-state index contributed by atoms with van der Waals surface area (Å²) in [4.78, 5) is 4.51. The maximum Gasteiger partial charge on any atom is 0.126 e. The Bertz CT molecular complexity index is 838. The molecular formula is C19H22N2O4. The Morgan fingerprint density at radius 1 is 1.04 bits per heavy atom. The number of aromatic nitrogens is 2. The van der Waals surface area contributed by atoms with E-state index in [4.69, 9.17) is 14.2 Å². The van der Waals surface area contributed by atoms with E-state index in [1.54, 1.807) is 32.4 Å². The standard InChI is InChI=1S/C19H22N2O4/c1-13-20-18-6-4-5-7-19(18)21(13)11-14(22)12-25-17-9-15(23-2)8-16(10-17)24-3/h4-10,14,22H,11-12H2,1-3H3/t14-/m0/s1. The Morgan fingerprint density at radius 2 is 1.68 bits per heavy atom. The number of para-hydroxylation sites is 2. The van der Waals surface area contributed by atoms with E-state index in [1.807, 2.05) is 35.8 Å². The van der Waals surface area contributed by atoms with Gasteiger partial charge in [0.25, 0.3) is 0 Å². The number of ether oxygens (including phenoxy) is 3. The van der Waals surface area contributed by atoms with Crippen LogP contribution < -0.4 is 14.2 Å². The Morgan fingerprint density at radius 3 is 2.36 bits per heavy atom. The third kappa shape index (κ3) is 3.85. The first-order valence-corrected chi connectivity index (χ1v) is 8.06. The maximum atomic E-state index is 10.4. The minimum Gasteiger partial charge on any atom is -0.496 e. The molecule has 3 rings (SSSR count). The first kappa shape index (κ1) is 17.1. The summed E-state index contributed by atoms with van der Waals surface area (Å²) in [6, 6.07) is 13.2. The summed E-state index contributed by atoms with van der Waals surface area (Å²) in [6.45, 7) is 2.50. The molecule has 0 saturated heterocycles. The van der Waals surface area contributed by atoms with Crippen molar-refractivity contribution in [2.75, 3.05) is 20.8 Å². The highest BCUT2D eigenvalue weighted by molar-refractivity contribution is 5.75. The van der Waals surface area contributed by atoms with E-state index in [0.29, 0.717) is 23.8 Å². The smallest absolute Gasteiger partial charge is 0.126 e. The highest BCUT2D eigenvalue weighted by Gasteiger charge is 2.13. The molecule has 6 nitrogen and oxygen atoms in total. The van der Waals surface area contributed by atoms with E-state index in [2.05, 4.69) is 4.98 Å². The number of benzene rings is 2. The summed E-state index contributed by atoms with van der Waals surface area (Å²) in [5.74, 6) is 2.73. The van der Waals surface area contributed by atoms with Crippen LogP contribution in [-0.2, 0) is 6.54 Å². The van der Waals surface area contributed by atoms with Gasteiger partial charge in [0.2, 0.25) is 0 Å². The molecule has 0 aliphatic rings. The summed E-state index contributed by atoms with van der Waals surface area (Å²) < 4.78 is 18.1. The van der Waals surface area contributed by atoms with Crippen molar-refractivity contribution in [1.82, 2.24) is 9.55 Å². The first-order chi connectivity index (χ1) is 12.1. The van der Waals surface area contributed by atoms with Crippen molar-refractivity contribution in [2.24, 2.45) is 0 Å². The SMILES string of the molecule is COc1cc(OC)cc(OC[C@@H](O)Cn2c(C)nc3ccccc32)c1. The normalized spacial score (nSPS) is 12.2. The molecule has 132 valence electrons. The zero-order chi connectivity index (χ0) is 17.8. The number of rotatable bonds is 7. The molecule has 2 aromatic carbocycles. The lowest BCUT2D eigenvalue weighted by atomic mass is 10.3. The second kappa shape index (κ2) is 7.44. The molecule has 1 heterocycles.